The smallest absolute Gasteiger partial charge is 0.265 e. The first kappa shape index (κ1) is 47.7. The number of benzene rings is 5. The highest BCUT2D eigenvalue weighted by molar-refractivity contribution is 6.36. The molecule has 2 heterocycles. The summed E-state index contributed by atoms with van der Waals surface area (Å²) >= 11 is 23.9. The summed E-state index contributed by atoms with van der Waals surface area (Å²) in [5, 5.41) is 7.73. The summed E-state index contributed by atoms with van der Waals surface area (Å²) in [6.07, 6.45) is 2.69. The molecule has 0 atom stereocenters. The first-order valence-corrected chi connectivity index (χ1v) is 22.2. The van der Waals surface area contributed by atoms with Gasteiger partial charge in [0.25, 0.3) is 5.91 Å². The van der Waals surface area contributed by atoms with Crippen LogP contribution in [0.4, 0.5) is 22.7 Å². The zero-order valence-corrected chi connectivity index (χ0v) is 38.2. The van der Waals surface area contributed by atoms with Gasteiger partial charge in [0, 0.05) is 58.6 Å². The Morgan fingerprint density at radius 2 is 1.17 bits per heavy atom. The van der Waals surface area contributed by atoms with Gasteiger partial charge in [0.1, 0.15) is 42.0 Å². The molecule has 5 aromatic carbocycles. The van der Waals surface area contributed by atoms with Gasteiger partial charge in [-0.1, -0.05) is 78.1 Å². The van der Waals surface area contributed by atoms with Gasteiger partial charge >= 0.3 is 0 Å². The van der Waals surface area contributed by atoms with Gasteiger partial charge in [-0.2, -0.15) is 0 Å². The van der Waals surface area contributed by atoms with Crippen molar-refractivity contribution in [3.63, 3.8) is 0 Å². The van der Waals surface area contributed by atoms with E-state index in [1.165, 1.54) is 0 Å². The highest BCUT2D eigenvalue weighted by atomic mass is 35.5. The minimum Gasteiger partial charge on any atom is -0.492 e. The Kier molecular flexibility index (Phi) is 17.7. The molecule has 0 radical (unpaired) electrons. The number of nitrogens with zero attached hydrogens (tertiary/aromatic N) is 2. The predicted molar refractivity (Wildman–Crippen MR) is 255 cm³/mol. The van der Waals surface area contributed by atoms with E-state index < -0.39 is 0 Å². The summed E-state index contributed by atoms with van der Waals surface area (Å²) in [4.78, 5) is 40.8. The number of nitrogens with one attached hydrogen (secondary N) is 2. The summed E-state index contributed by atoms with van der Waals surface area (Å²) in [5.74, 6) is 2.72. The van der Waals surface area contributed by atoms with Crippen LogP contribution in [0.15, 0.2) is 115 Å². The second kappa shape index (κ2) is 23.8. The van der Waals surface area contributed by atoms with Crippen molar-refractivity contribution in [2.24, 2.45) is 0 Å². The fourth-order valence-electron chi connectivity index (χ4n) is 6.60. The molecule has 0 bridgehead atoms. The Bertz CT molecular complexity index is 2420. The van der Waals surface area contributed by atoms with E-state index in [4.69, 9.17) is 70.1 Å². The normalized spacial score (nSPS) is 12.7. The van der Waals surface area contributed by atoms with Crippen LogP contribution in [-0.2, 0) is 14.4 Å². The highest BCUT2D eigenvalue weighted by Gasteiger charge is 2.26. The number of hydrogen-bond acceptors (Lipinski definition) is 9. The zero-order chi connectivity index (χ0) is 45.4. The molecule has 0 saturated carbocycles. The minimum atomic E-state index is -0.157. The van der Waals surface area contributed by atoms with Crippen molar-refractivity contribution in [2.45, 2.75) is 39.0 Å². The molecule has 7 rings (SSSR count). The standard InChI is InChI=1S/C26H24Cl2N2O5.C22H24Cl2N2O3/c27-18-8-11-23(21(28)15-18)34-13-4-7-25(31)29-19-9-10-22-24(16-19)35-17-26(32)30(22)12-14-33-20-5-2-1-3-6-20;1-3-10-26-15(2)14-29-21-13-17(7-8-19(21)26)25-22(27)5-4-11-28-20-9-6-16(23)12-18(20)24/h1-3,5-6,8-11,15-16H,4,7,12-14,17H2,(H,29,31);6-9,12-13H,2-5,10-11,14H2,1H3,(H,25,27). The number of fused-ring (bicyclic) bond motifs is 2. The molecular weight excluding hydrogens is 902 g/mol. The minimum absolute atomic E-state index is 0.0691. The first-order chi connectivity index (χ1) is 31.0. The van der Waals surface area contributed by atoms with Crippen molar-refractivity contribution in [3.05, 3.63) is 135 Å². The van der Waals surface area contributed by atoms with E-state index in [1.807, 2.05) is 48.5 Å². The molecule has 2 N–H and O–H groups in total. The molecule has 5 aromatic rings. The summed E-state index contributed by atoms with van der Waals surface area (Å²) < 4.78 is 28.3. The number of ether oxygens (including phenoxy) is 5. The monoisotopic (exact) mass is 948 g/mol. The molecule has 2 aliphatic rings. The topological polar surface area (TPSA) is 128 Å². The van der Waals surface area contributed by atoms with Crippen molar-refractivity contribution in [2.75, 3.05) is 66.6 Å². The van der Waals surface area contributed by atoms with E-state index in [0.29, 0.717) is 107 Å². The SMILES string of the molecule is C=C1COc2cc(NC(=O)CCCOc3ccc(Cl)cc3Cl)ccc2N1CCC.O=C(CCCOc1ccc(Cl)cc1Cl)Nc1ccc2c(c1)OCC(=O)N2CCOc1ccccc1. The van der Waals surface area contributed by atoms with E-state index in [1.54, 1.807) is 59.5 Å². The number of carbonyl (C=O) groups is 3. The van der Waals surface area contributed by atoms with Crippen molar-refractivity contribution in [3.8, 4) is 28.7 Å². The quantitative estimate of drug-likeness (QED) is 0.0825. The van der Waals surface area contributed by atoms with Crippen LogP contribution in [0.3, 0.4) is 0 Å². The third kappa shape index (κ3) is 13.9. The Labute approximate surface area is 392 Å². The Morgan fingerprint density at radius 3 is 1.70 bits per heavy atom. The fourth-order valence-corrected chi connectivity index (χ4v) is 7.53. The number of rotatable bonds is 18. The van der Waals surface area contributed by atoms with Gasteiger partial charge < -0.3 is 44.1 Å². The summed E-state index contributed by atoms with van der Waals surface area (Å²) in [6, 6.07) is 30.4. The second-order valence-electron chi connectivity index (χ2n) is 14.5. The lowest BCUT2D eigenvalue weighted by Gasteiger charge is -2.33. The summed E-state index contributed by atoms with van der Waals surface area (Å²) in [5.41, 5.74) is 3.86. The molecular formula is C48H48Cl4N4O8. The van der Waals surface area contributed by atoms with Crippen LogP contribution in [0.2, 0.25) is 20.1 Å². The van der Waals surface area contributed by atoms with Crippen LogP contribution in [0.1, 0.15) is 39.0 Å². The maximum absolute atomic E-state index is 12.4. The van der Waals surface area contributed by atoms with E-state index in [9.17, 15) is 14.4 Å². The van der Waals surface area contributed by atoms with Gasteiger partial charge in [-0.15, -0.1) is 0 Å². The number of halogens is 4. The molecule has 0 aromatic heterocycles. The van der Waals surface area contributed by atoms with Crippen LogP contribution in [0.5, 0.6) is 28.7 Å². The van der Waals surface area contributed by atoms with Crippen molar-refractivity contribution in [1.29, 1.82) is 0 Å². The van der Waals surface area contributed by atoms with Crippen LogP contribution in [0.25, 0.3) is 0 Å². The highest BCUT2D eigenvalue weighted by Crippen LogP contribution is 2.38. The Hall–Kier alpha value is -5.79. The number of hydrogen-bond donors (Lipinski definition) is 2. The van der Waals surface area contributed by atoms with Crippen LogP contribution in [-0.4, -0.2) is 63.8 Å². The molecule has 3 amide bonds. The largest absolute Gasteiger partial charge is 0.492 e. The van der Waals surface area contributed by atoms with Crippen LogP contribution < -0.4 is 44.1 Å². The van der Waals surface area contributed by atoms with Crippen molar-refractivity contribution in [1.82, 2.24) is 0 Å². The molecule has 336 valence electrons. The number of amides is 3. The zero-order valence-electron chi connectivity index (χ0n) is 35.2. The molecule has 0 aliphatic carbocycles. The van der Waals surface area contributed by atoms with Gasteiger partial charge in [0.15, 0.2) is 6.61 Å². The van der Waals surface area contributed by atoms with Crippen LogP contribution >= 0.6 is 46.4 Å². The van der Waals surface area contributed by atoms with Crippen molar-refractivity contribution >= 4 is 86.9 Å². The third-order valence-corrected chi connectivity index (χ3v) is 10.7. The lowest BCUT2D eigenvalue weighted by Crippen LogP contribution is -2.41. The van der Waals surface area contributed by atoms with E-state index >= 15 is 0 Å². The van der Waals surface area contributed by atoms with Gasteiger partial charge in [-0.25, -0.2) is 0 Å². The average molecular weight is 951 g/mol. The lowest BCUT2D eigenvalue weighted by atomic mass is 10.2. The van der Waals surface area contributed by atoms with E-state index in [2.05, 4.69) is 29.0 Å². The summed E-state index contributed by atoms with van der Waals surface area (Å²) in [7, 11) is 0. The number of carbonyl (C=O) groups excluding carboxylic acids is 3. The first-order valence-electron chi connectivity index (χ1n) is 20.7. The second-order valence-corrected chi connectivity index (χ2v) is 16.2. The molecule has 16 heteroatoms. The number of para-hydroxylation sites is 1. The van der Waals surface area contributed by atoms with Crippen LogP contribution in [0, 0.1) is 0 Å². The molecule has 64 heavy (non-hydrogen) atoms. The molecule has 0 saturated heterocycles. The Balaban J connectivity index is 0.000000216. The molecule has 12 nitrogen and oxygen atoms in total. The van der Waals surface area contributed by atoms with Gasteiger partial charge in [0.2, 0.25) is 11.8 Å². The van der Waals surface area contributed by atoms with E-state index in [0.717, 1.165) is 35.8 Å². The summed E-state index contributed by atoms with van der Waals surface area (Å²) in [6.45, 7) is 8.91. The molecule has 0 fully saturated rings. The molecule has 2 aliphatic heterocycles. The van der Waals surface area contributed by atoms with Gasteiger partial charge in [0.05, 0.1) is 41.2 Å². The predicted octanol–water partition coefficient (Wildman–Crippen LogP) is 11.5. The average Bonchev–Trinajstić information content (AvgIpc) is 3.27. The Morgan fingerprint density at radius 1 is 0.641 bits per heavy atom. The van der Waals surface area contributed by atoms with Crippen molar-refractivity contribution < 1.29 is 38.1 Å². The van der Waals surface area contributed by atoms with Gasteiger partial charge in [-0.05, 0) is 92.1 Å². The lowest BCUT2D eigenvalue weighted by molar-refractivity contribution is -0.121. The fraction of sp³-hybridized carbons (Fsp3) is 0.271. The third-order valence-electron chi connectivity index (χ3n) is 9.67. The molecule has 0 spiro atoms. The van der Waals surface area contributed by atoms with E-state index in [-0.39, 0.29) is 30.7 Å². The maximum atomic E-state index is 12.4. The maximum Gasteiger partial charge on any atom is 0.265 e. The molecule has 0 unspecified atom stereocenters. The number of anilines is 4. The van der Waals surface area contributed by atoms with Gasteiger partial charge in [-0.3, -0.25) is 14.4 Å².